The van der Waals surface area contributed by atoms with Gasteiger partial charge in [-0.15, -0.1) is 0 Å². The number of aliphatic hydroxyl groups is 1. The van der Waals surface area contributed by atoms with Gasteiger partial charge in [0.05, 0.1) is 11.6 Å². The van der Waals surface area contributed by atoms with Gasteiger partial charge >= 0.3 is 0 Å². The van der Waals surface area contributed by atoms with Crippen LogP contribution < -0.4 is 0 Å². The summed E-state index contributed by atoms with van der Waals surface area (Å²) >= 11 is 0. The maximum atomic E-state index is 9.47. The third-order valence-corrected chi connectivity index (χ3v) is 2.42. The molecular formula is C10H17NO. The zero-order valence-corrected chi connectivity index (χ0v) is 8.04. The summed E-state index contributed by atoms with van der Waals surface area (Å²) < 4.78 is 0. The number of allylic oxidation sites excluding steroid dienone is 1. The van der Waals surface area contributed by atoms with Crippen LogP contribution in [0.4, 0.5) is 0 Å². The van der Waals surface area contributed by atoms with Gasteiger partial charge in [0.2, 0.25) is 0 Å². The highest BCUT2D eigenvalue weighted by molar-refractivity contribution is 5.77. The molecule has 0 fully saturated rings. The molecule has 1 N–H and O–H groups in total. The van der Waals surface area contributed by atoms with Crippen LogP contribution in [0.2, 0.25) is 0 Å². The molecule has 1 aliphatic heterocycles. The first-order valence-electron chi connectivity index (χ1n) is 4.54. The van der Waals surface area contributed by atoms with Gasteiger partial charge in [-0.1, -0.05) is 13.3 Å². The Morgan fingerprint density at radius 3 is 2.83 bits per heavy atom. The van der Waals surface area contributed by atoms with Gasteiger partial charge in [0.25, 0.3) is 0 Å². The van der Waals surface area contributed by atoms with Gasteiger partial charge < -0.3 is 5.11 Å². The molecule has 0 saturated carbocycles. The van der Waals surface area contributed by atoms with Gasteiger partial charge in [-0.25, -0.2) is 0 Å². The van der Waals surface area contributed by atoms with Gasteiger partial charge in [-0.05, 0) is 31.9 Å². The molecule has 1 rings (SSSR count). The molecule has 0 amide bonds. The molecule has 2 heteroatoms. The normalized spacial score (nSPS) is 30.5. The zero-order chi connectivity index (χ0) is 9.19. The summed E-state index contributed by atoms with van der Waals surface area (Å²) in [4.78, 5) is 4.38. The van der Waals surface area contributed by atoms with Crippen molar-refractivity contribution in [2.75, 3.05) is 0 Å². The molecule has 2 nitrogen and oxygen atoms in total. The van der Waals surface area contributed by atoms with Crippen molar-refractivity contribution in [2.24, 2.45) is 4.99 Å². The Bertz CT molecular complexity index is 218. The largest absolute Gasteiger partial charge is 0.389 e. The maximum absolute atomic E-state index is 9.47. The van der Waals surface area contributed by atoms with Gasteiger partial charge in [0.1, 0.15) is 0 Å². The average Bonchev–Trinajstić information content (AvgIpc) is 2.32. The van der Waals surface area contributed by atoms with E-state index in [1.165, 1.54) is 0 Å². The Hall–Kier alpha value is -0.630. The van der Waals surface area contributed by atoms with Gasteiger partial charge in [0, 0.05) is 6.21 Å². The van der Waals surface area contributed by atoms with Crippen molar-refractivity contribution in [3.8, 4) is 0 Å². The molecule has 68 valence electrons. The highest BCUT2D eigenvalue weighted by Crippen LogP contribution is 2.31. The quantitative estimate of drug-likeness (QED) is 0.684. The molecule has 0 spiro atoms. The molecule has 0 saturated heterocycles. The molecule has 0 aromatic rings. The lowest BCUT2D eigenvalue weighted by Gasteiger charge is -2.26. The Kier molecular flexibility index (Phi) is 2.68. The topological polar surface area (TPSA) is 32.6 Å². The average molecular weight is 167 g/mol. The number of aliphatic imine (C=N–C) groups is 1. The summed E-state index contributed by atoms with van der Waals surface area (Å²) in [5, 5.41) is 9.47. The fourth-order valence-corrected chi connectivity index (χ4v) is 1.82. The van der Waals surface area contributed by atoms with E-state index < -0.39 is 0 Å². The van der Waals surface area contributed by atoms with Gasteiger partial charge in [-0.2, -0.15) is 0 Å². The van der Waals surface area contributed by atoms with Crippen LogP contribution in [0.25, 0.3) is 0 Å². The summed E-state index contributed by atoms with van der Waals surface area (Å²) in [6, 6.07) is 0. The molecule has 0 aliphatic carbocycles. The molecule has 0 aromatic carbocycles. The van der Waals surface area contributed by atoms with E-state index >= 15 is 0 Å². The number of aliphatic hydroxyl groups excluding tert-OH is 1. The van der Waals surface area contributed by atoms with E-state index in [0.29, 0.717) is 0 Å². The van der Waals surface area contributed by atoms with Crippen molar-refractivity contribution < 1.29 is 5.11 Å². The van der Waals surface area contributed by atoms with Crippen LogP contribution in [-0.2, 0) is 0 Å². The lowest BCUT2D eigenvalue weighted by Crippen LogP contribution is -2.28. The highest BCUT2D eigenvalue weighted by Gasteiger charge is 2.31. The molecule has 2 atom stereocenters. The highest BCUT2D eigenvalue weighted by atomic mass is 16.3. The van der Waals surface area contributed by atoms with Crippen molar-refractivity contribution in [2.45, 2.75) is 45.3 Å². The molecule has 12 heavy (non-hydrogen) atoms. The van der Waals surface area contributed by atoms with E-state index in [1.807, 2.05) is 6.08 Å². The second-order valence-electron chi connectivity index (χ2n) is 3.60. The molecule has 0 radical (unpaired) electrons. The molecular weight excluding hydrogens is 150 g/mol. The Morgan fingerprint density at radius 2 is 2.33 bits per heavy atom. The lowest BCUT2D eigenvalue weighted by atomic mass is 9.86. The number of nitrogens with zero attached hydrogens (tertiary/aromatic N) is 1. The maximum Gasteiger partial charge on any atom is 0.0816 e. The summed E-state index contributed by atoms with van der Waals surface area (Å²) in [5.74, 6) is 0. The zero-order valence-electron chi connectivity index (χ0n) is 8.04. The minimum atomic E-state index is -0.371. The van der Waals surface area contributed by atoms with Gasteiger partial charge in [0.15, 0.2) is 0 Å². The van der Waals surface area contributed by atoms with Crippen molar-refractivity contribution in [3.05, 3.63) is 11.6 Å². The van der Waals surface area contributed by atoms with Crippen molar-refractivity contribution in [3.63, 3.8) is 0 Å². The summed E-state index contributed by atoms with van der Waals surface area (Å²) in [6.07, 6.45) is 5.47. The minimum absolute atomic E-state index is 0.136. The third-order valence-electron chi connectivity index (χ3n) is 2.42. The minimum Gasteiger partial charge on any atom is -0.389 e. The number of hydrogen-bond donors (Lipinski definition) is 1. The molecule has 0 bridgehead atoms. The van der Waals surface area contributed by atoms with Crippen LogP contribution in [-0.4, -0.2) is 23.0 Å². The van der Waals surface area contributed by atoms with Crippen molar-refractivity contribution in [1.29, 1.82) is 0 Å². The number of hydrogen-bond acceptors (Lipinski definition) is 2. The Morgan fingerprint density at radius 1 is 1.67 bits per heavy atom. The fraction of sp³-hybridized carbons (Fsp3) is 0.700. The van der Waals surface area contributed by atoms with Crippen LogP contribution in [0, 0.1) is 0 Å². The summed E-state index contributed by atoms with van der Waals surface area (Å²) in [6.45, 7) is 6.02. The SMILES string of the molecule is CCCC1(C)N=CC=C1C(C)O. The Balaban J connectivity index is 2.77. The monoisotopic (exact) mass is 167 g/mol. The second kappa shape index (κ2) is 3.40. The van der Waals surface area contributed by atoms with Crippen LogP contribution >= 0.6 is 0 Å². The lowest BCUT2D eigenvalue weighted by molar-refractivity contribution is 0.212. The molecule has 1 aliphatic rings. The standard InChI is InChI=1S/C10H17NO/c1-4-6-10(3)9(8(2)12)5-7-11-10/h5,7-8,12H,4,6H2,1-3H3. The first-order valence-corrected chi connectivity index (χ1v) is 4.54. The first-order chi connectivity index (χ1) is 5.60. The smallest absolute Gasteiger partial charge is 0.0816 e. The van der Waals surface area contributed by atoms with E-state index in [-0.39, 0.29) is 11.6 Å². The van der Waals surface area contributed by atoms with E-state index in [2.05, 4.69) is 18.8 Å². The predicted molar refractivity (Wildman–Crippen MR) is 51.6 cm³/mol. The van der Waals surface area contributed by atoms with Gasteiger partial charge in [-0.3, -0.25) is 4.99 Å². The van der Waals surface area contributed by atoms with Crippen LogP contribution in [0.5, 0.6) is 0 Å². The van der Waals surface area contributed by atoms with Crippen LogP contribution in [0.3, 0.4) is 0 Å². The number of rotatable bonds is 3. The molecule has 1 heterocycles. The van der Waals surface area contributed by atoms with E-state index in [9.17, 15) is 5.11 Å². The molecule has 2 unspecified atom stereocenters. The van der Waals surface area contributed by atoms with Crippen LogP contribution in [0.15, 0.2) is 16.6 Å². The first kappa shape index (κ1) is 9.46. The van der Waals surface area contributed by atoms with Crippen molar-refractivity contribution in [1.82, 2.24) is 0 Å². The van der Waals surface area contributed by atoms with Crippen molar-refractivity contribution >= 4 is 6.21 Å². The second-order valence-corrected chi connectivity index (χ2v) is 3.60. The Labute approximate surface area is 74.0 Å². The summed E-state index contributed by atoms with van der Waals surface area (Å²) in [5.41, 5.74) is 0.910. The molecule has 0 aromatic heterocycles. The predicted octanol–water partition coefficient (Wildman–Crippen LogP) is 1.94. The van der Waals surface area contributed by atoms with E-state index in [4.69, 9.17) is 0 Å². The van der Waals surface area contributed by atoms with E-state index in [1.54, 1.807) is 13.1 Å². The third kappa shape index (κ3) is 1.58. The summed E-state index contributed by atoms with van der Waals surface area (Å²) in [7, 11) is 0. The van der Waals surface area contributed by atoms with Crippen LogP contribution in [0.1, 0.15) is 33.6 Å². The fourth-order valence-electron chi connectivity index (χ4n) is 1.82. The van der Waals surface area contributed by atoms with E-state index in [0.717, 1.165) is 18.4 Å².